The molecule has 0 amide bonds. The molecule has 0 spiro atoms. The van der Waals surface area contributed by atoms with Crippen LogP contribution in [0.5, 0.6) is 0 Å². The summed E-state index contributed by atoms with van der Waals surface area (Å²) in [5, 5.41) is 7.38. The quantitative estimate of drug-likeness (QED) is 0.168. The first-order chi connectivity index (χ1) is 27.3. The zero-order valence-electron chi connectivity index (χ0n) is 30.0. The highest BCUT2D eigenvalue weighted by Crippen LogP contribution is 2.44. The molecule has 0 saturated heterocycles. The van der Waals surface area contributed by atoms with E-state index in [1.807, 2.05) is 0 Å². The molecular weight excluding hydrogens is 667 g/mol. The van der Waals surface area contributed by atoms with Gasteiger partial charge in [-0.15, -0.1) is 0 Å². The fraction of sp³-hybridized carbons (Fsp3) is 0. The van der Waals surface area contributed by atoms with Crippen LogP contribution in [0.4, 0.5) is 17.1 Å². The maximum absolute atomic E-state index is 2.44. The van der Waals surface area contributed by atoms with Gasteiger partial charge in [-0.1, -0.05) is 140 Å². The molecular formula is C52H35N3. The van der Waals surface area contributed by atoms with Crippen LogP contribution in [0.25, 0.3) is 76.9 Å². The molecule has 0 aliphatic rings. The third-order valence-electron chi connectivity index (χ3n) is 11.0. The van der Waals surface area contributed by atoms with Crippen molar-refractivity contribution in [2.75, 3.05) is 4.90 Å². The van der Waals surface area contributed by atoms with E-state index < -0.39 is 0 Å². The van der Waals surface area contributed by atoms with E-state index in [0.717, 1.165) is 34.0 Å². The first-order valence-electron chi connectivity index (χ1n) is 18.9. The molecule has 2 aromatic heterocycles. The van der Waals surface area contributed by atoms with Crippen molar-refractivity contribution in [2.24, 2.45) is 0 Å². The lowest BCUT2D eigenvalue weighted by Crippen LogP contribution is -2.11. The Morgan fingerprint density at radius 3 is 1.58 bits per heavy atom. The Morgan fingerprint density at radius 1 is 0.309 bits per heavy atom. The van der Waals surface area contributed by atoms with Crippen molar-refractivity contribution in [2.45, 2.75) is 0 Å². The van der Waals surface area contributed by atoms with Crippen molar-refractivity contribution in [3.05, 3.63) is 212 Å². The summed E-state index contributed by atoms with van der Waals surface area (Å²) in [5.74, 6) is 0. The summed E-state index contributed by atoms with van der Waals surface area (Å²) < 4.78 is 4.87. The minimum absolute atomic E-state index is 1.08. The van der Waals surface area contributed by atoms with Crippen LogP contribution in [-0.2, 0) is 0 Å². The van der Waals surface area contributed by atoms with Gasteiger partial charge in [-0.05, 0) is 89.1 Å². The van der Waals surface area contributed by atoms with Gasteiger partial charge < -0.3 is 14.0 Å². The molecule has 0 radical (unpaired) electrons. The van der Waals surface area contributed by atoms with Crippen LogP contribution in [-0.4, -0.2) is 9.13 Å². The van der Waals surface area contributed by atoms with Crippen molar-refractivity contribution in [1.82, 2.24) is 9.13 Å². The van der Waals surface area contributed by atoms with Crippen molar-refractivity contribution < 1.29 is 0 Å². The van der Waals surface area contributed by atoms with Crippen LogP contribution < -0.4 is 4.90 Å². The summed E-state index contributed by atoms with van der Waals surface area (Å²) >= 11 is 0. The summed E-state index contributed by atoms with van der Waals surface area (Å²) in [5.41, 5.74) is 12.6. The lowest BCUT2D eigenvalue weighted by atomic mass is 9.99. The molecule has 0 N–H and O–H groups in total. The van der Waals surface area contributed by atoms with E-state index >= 15 is 0 Å². The average molecular weight is 702 g/mol. The smallest absolute Gasteiger partial charge is 0.0619 e. The van der Waals surface area contributed by atoms with E-state index in [4.69, 9.17) is 0 Å². The van der Waals surface area contributed by atoms with Crippen LogP contribution in [0.1, 0.15) is 0 Å². The Balaban J connectivity index is 1.26. The van der Waals surface area contributed by atoms with Crippen LogP contribution in [0.15, 0.2) is 212 Å². The Kier molecular flexibility index (Phi) is 7.17. The molecule has 0 atom stereocenters. The fourth-order valence-electron chi connectivity index (χ4n) is 8.65. The minimum atomic E-state index is 1.08. The lowest BCUT2D eigenvalue weighted by Gasteiger charge is -2.27. The topological polar surface area (TPSA) is 13.1 Å². The molecule has 3 nitrogen and oxygen atoms in total. The van der Waals surface area contributed by atoms with Gasteiger partial charge >= 0.3 is 0 Å². The van der Waals surface area contributed by atoms with E-state index in [-0.39, 0.29) is 0 Å². The molecule has 3 heteroatoms. The number of para-hydroxylation sites is 6. The van der Waals surface area contributed by atoms with Gasteiger partial charge in [0, 0.05) is 55.5 Å². The molecule has 0 bridgehead atoms. The molecule has 0 aliphatic heterocycles. The molecule has 55 heavy (non-hydrogen) atoms. The first-order valence-corrected chi connectivity index (χ1v) is 18.9. The predicted octanol–water partition coefficient (Wildman–Crippen LogP) is 14.2. The van der Waals surface area contributed by atoms with Crippen molar-refractivity contribution in [3.63, 3.8) is 0 Å². The number of rotatable bonds is 6. The SMILES string of the molecule is c1ccc(N(c2cc(-c3cccc4c5ccccc5n(-c5ccccc5)c34)cc(-n3c4ccccc4c4ccccc43)c2)c2ccc3ccccc3c2)cc1. The summed E-state index contributed by atoms with van der Waals surface area (Å²) in [6, 6.07) is 77.1. The molecule has 2 heterocycles. The van der Waals surface area contributed by atoms with E-state index in [1.165, 1.54) is 59.9 Å². The Bertz CT molecular complexity index is 3150. The summed E-state index contributed by atoms with van der Waals surface area (Å²) in [7, 11) is 0. The molecule has 11 aromatic rings. The molecule has 11 rings (SSSR count). The van der Waals surface area contributed by atoms with E-state index in [1.54, 1.807) is 0 Å². The Morgan fingerprint density at radius 2 is 0.873 bits per heavy atom. The van der Waals surface area contributed by atoms with Crippen LogP contribution in [0.2, 0.25) is 0 Å². The highest BCUT2D eigenvalue weighted by molar-refractivity contribution is 6.14. The monoisotopic (exact) mass is 701 g/mol. The van der Waals surface area contributed by atoms with E-state index in [0.29, 0.717) is 0 Å². The fourth-order valence-corrected chi connectivity index (χ4v) is 8.65. The average Bonchev–Trinajstić information content (AvgIpc) is 3.78. The third kappa shape index (κ3) is 5.05. The molecule has 0 saturated carbocycles. The summed E-state index contributed by atoms with van der Waals surface area (Å²) in [6.45, 7) is 0. The Labute approximate surface area is 319 Å². The van der Waals surface area contributed by atoms with E-state index in [9.17, 15) is 0 Å². The zero-order valence-corrected chi connectivity index (χ0v) is 30.0. The molecule has 0 aliphatic carbocycles. The minimum Gasteiger partial charge on any atom is -0.310 e. The van der Waals surface area contributed by atoms with Gasteiger partial charge in [0.25, 0.3) is 0 Å². The maximum atomic E-state index is 2.44. The number of benzene rings is 9. The van der Waals surface area contributed by atoms with Crippen LogP contribution >= 0.6 is 0 Å². The van der Waals surface area contributed by atoms with Gasteiger partial charge in [0.15, 0.2) is 0 Å². The van der Waals surface area contributed by atoms with Crippen molar-refractivity contribution in [3.8, 4) is 22.5 Å². The highest BCUT2D eigenvalue weighted by Gasteiger charge is 2.21. The second-order valence-corrected chi connectivity index (χ2v) is 14.2. The molecule has 9 aromatic carbocycles. The Hall–Kier alpha value is -7.36. The summed E-state index contributed by atoms with van der Waals surface area (Å²) in [6.07, 6.45) is 0. The molecule has 0 unspecified atom stereocenters. The standard InChI is InChI=1S/C52H35N3/c1-3-18-39(19-4-1)53(41-31-30-36-16-7-8-17-37(36)32-41)42-33-38(34-43(35-42)54-49-27-12-9-22-45(49)46-23-10-13-28-50(46)54)44-25-15-26-48-47-24-11-14-29-51(47)55(52(44)48)40-20-5-2-6-21-40/h1-35H. The molecule has 258 valence electrons. The first kappa shape index (κ1) is 31.2. The van der Waals surface area contributed by atoms with E-state index in [2.05, 4.69) is 226 Å². The zero-order chi connectivity index (χ0) is 36.3. The number of hydrogen-bond donors (Lipinski definition) is 0. The largest absolute Gasteiger partial charge is 0.310 e. The molecule has 0 fully saturated rings. The number of fused-ring (bicyclic) bond motifs is 7. The number of anilines is 3. The lowest BCUT2D eigenvalue weighted by molar-refractivity contribution is 1.17. The maximum Gasteiger partial charge on any atom is 0.0619 e. The van der Waals surface area contributed by atoms with Crippen molar-refractivity contribution in [1.29, 1.82) is 0 Å². The van der Waals surface area contributed by atoms with Gasteiger partial charge in [-0.3, -0.25) is 0 Å². The predicted molar refractivity (Wildman–Crippen MR) is 233 cm³/mol. The van der Waals surface area contributed by atoms with Crippen LogP contribution in [0, 0.1) is 0 Å². The summed E-state index contributed by atoms with van der Waals surface area (Å²) in [4.78, 5) is 2.40. The number of nitrogens with zero attached hydrogens (tertiary/aromatic N) is 3. The van der Waals surface area contributed by atoms with Crippen molar-refractivity contribution >= 4 is 71.4 Å². The van der Waals surface area contributed by atoms with Gasteiger partial charge in [-0.2, -0.15) is 0 Å². The van der Waals surface area contributed by atoms with Gasteiger partial charge in [0.05, 0.1) is 22.1 Å². The van der Waals surface area contributed by atoms with Gasteiger partial charge in [-0.25, -0.2) is 0 Å². The second-order valence-electron chi connectivity index (χ2n) is 14.2. The normalized spacial score (nSPS) is 11.6. The van der Waals surface area contributed by atoms with Crippen LogP contribution in [0.3, 0.4) is 0 Å². The number of aromatic nitrogens is 2. The van der Waals surface area contributed by atoms with Gasteiger partial charge in [0.2, 0.25) is 0 Å². The second kappa shape index (κ2) is 12.6. The van der Waals surface area contributed by atoms with Gasteiger partial charge in [0.1, 0.15) is 0 Å². The highest BCUT2D eigenvalue weighted by atomic mass is 15.1. The number of hydrogen-bond acceptors (Lipinski definition) is 1. The third-order valence-corrected chi connectivity index (χ3v) is 11.0.